The van der Waals surface area contributed by atoms with Gasteiger partial charge < -0.3 is 10.1 Å². The lowest BCUT2D eigenvalue weighted by Crippen LogP contribution is -2.46. The quantitative estimate of drug-likeness (QED) is 0.635. The number of methoxy groups -OCH3 is 1. The summed E-state index contributed by atoms with van der Waals surface area (Å²) in [6.07, 6.45) is 2.48. The monoisotopic (exact) mass is 216 g/mol. The molecule has 3 heteroatoms. The van der Waals surface area contributed by atoms with Crippen LogP contribution in [0.4, 0.5) is 0 Å². The Morgan fingerprint density at radius 2 is 2.00 bits per heavy atom. The van der Waals surface area contributed by atoms with Crippen molar-refractivity contribution in [2.24, 2.45) is 0 Å². The number of ether oxygens (including phenoxy) is 1. The summed E-state index contributed by atoms with van der Waals surface area (Å²) in [6, 6.07) is 1.12. The lowest BCUT2D eigenvalue weighted by molar-refractivity contribution is 0.0855. The standard InChI is InChI=1S/C12H28N2O/c1-6-8-12(9-13-7-2)14(4)11(3)10-15-5/h11-13H,6-10H2,1-5H3. The largest absolute Gasteiger partial charge is 0.383 e. The van der Waals surface area contributed by atoms with Gasteiger partial charge in [0.1, 0.15) is 0 Å². The van der Waals surface area contributed by atoms with Crippen molar-refractivity contribution < 1.29 is 4.74 Å². The third kappa shape index (κ3) is 6.13. The molecule has 0 spiro atoms. The Balaban J connectivity index is 4.06. The van der Waals surface area contributed by atoms with Crippen molar-refractivity contribution in [3.05, 3.63) is 0 Å². The zero-order chi connectivity index (χ0) is 11.7. The van der Waals surface area contributed by atoms with Crippen LogP contribution in [0.5, 0.6) is 0 Å². The molecule has 0 aromatic heterocycles. The highest BCUT2D eigenvalue weighted by atomic mass is 16.5. The average molecular weight is 216 g/mol. The predicted molar refractivity (Wildman–Crippen MR) is 66.3 cm³/mol. The van der Waals surface area contributed by atoms with E-state index in [4.69, 9.17) is 4.74 Å². The molecular formula is C12H28N2O. The molecule has 0 saturated carbocycles. The third-order valence-electron chi connectivity index (χ3n) is 2.93. The molecule has 2 unspecified atom stereocenters. The van der Waals surface area contributed by atoms with Gasteiger partial charge in [-0.2, -0.15) is 0 Å². The fourth-order valence-electron chi connectivity index (χ4n) is 1.81. The molecule has 0 bridgehead atoms. The number of rotatable bonds is 9. The van der Waals surface area contributed by atoms with Gasteiger partial charge in [-0.15, -0.1) is 0 Å². The minimum Gasteiger partial charge on any atom is -0.383 e. The number of hydrogen-bond donors (Lipinski definition) is 1. The van der Waals surface area contributed by atoms with E-state index in [0.717, 1.165) is 19.7 Å². The van der Waals surface area contributed by atoms with E-state index < -0.39 is 0 Å². The smallest absolute Gasteiger partial charge is 0.0615 e. The van der Waals surface area contributed by atoms with Crippen molar-refractivity contribution in [3.63, 3.8) is 0 Å². The summed E-state index contributed by atoms with van der Waals surface area (Å²) < 4.78 is 5.20. The summed E-state index contributed by atoms with van der Waals surface area (Å²) in [5.41, 5.74) is 0. The average Bonchev–Trinajstić information content (AvgIpc) is 2.23. The molecule has 0 saturated heterocycles. The van der Waals surface area contributed by atoms with E-state index in [9.17, 15) is 0 Å². The van der Waals surface area contributed by atoms with Gasteiger partial charge in [0.15, 0.2) is 0 Å². The molecular weight excluding hydrogens is 188 g/mol. The SMILES string of the molecule is CCCC(CNCC)N(C)C(C)COC. The highest BCUT2D eigenvalue weighted by Gasteiger charge is 2.18. The molecule has 2 atom stereocenters. The van der Waals surface area contributed by atoms with Crippen LogP contribution in [-0.2, 0) is 4.74 Å². The minimum atomic E-state index is 0.491. The molecule has 0 amide bonds. The van der Waals surface area contributed by atoms with Gasteiger partial charge in [0.25, 0.3) is 0 Å². The normalized spacial score (nSPS) is 15.6. The molecule has 0 radical (unpaired) electrons. The summed E-state index contributed by atoms with van der Waals surface area (Å²) >= 11 is 0. The maximum Gasteiger partial charge on any atom is 0.0615 e. The first kappa shape index (κ1) is 14.9. The van der Waals surface area contributed by atoms with Gasteiger partial charge in [0.05, 0.1) is 6.61 Å². The Hall–Kier alpha value is -0.120. The fraction of sp³-hybridized carbons (Fsp3) is 1.00. The molecule has 15 heavy (non-hydrogen) atoms. The first-order valence-electron chi connectivity index (χ1n) is 6.08. The van der Waals surface area contributed by atoms with E-state index in [-0.39, 0.29) is 0 Å². The van der Waals surface area contributed by atoms with Crippen molar-refractivity contribution in [2.45, 2.75) is 45.7 Å². The van der Waals surface area contributed by atoms with Crippen molar-refractivity contribution in [2.75, 3.05) is 33.9 Å². The summed E-state index contributed by atoms with van der Waals surface area (Å²) in [5.74, 6) is 0. The predicted octanol–water partition coefficient (Wildman–Crippen LogP) is 1.73. The zero-order valence-corrected chi connectivity index (χ0v) is 11.0. The highest BCUT2D eigenvalue weighted by Crippen LogP contribution is 2.08. The van der Waals surface area contributed by atoms with E-state index in [0.29, 0.717) is 12.1 Å². The highest BCUT2D eigenvalue weighted by molar-refractivity contribution is 4.75. The molecule has 0 aliphatic rings. The zero-order valence-electron chi connectivity index (χ0n) is 11.0. The van der Waals surface area contributed by atoms with Crippen molar-refractivity contribution in [1.82, 2.24) is 10.2 Å². The van der Waals surface area contributed by atoms with Crippen LogP contribution in [-0.4, -0.2) is 50.8 Å². The fourth-order valence-corrected chi connectivity index (χ4v) is 1.81. The maximum atomic E-state index is 5.20. The molecule has 92 valence electrons. The molecule has 0 aromatic carbocycles. The summed E-state index contributed by atoms with van der Waals surface area (Å²) in [6.45, 7) is 9.55. The van der Waals surface area contributed by atoms with Crippen LogP contribution in [0.2, 0.25) is 0 Å². The first-order chi connectivity index (χ1) is 7.17. The van der Waals surface area contributed by atoms with Crippen LogP contribution >= 0.6 is 0 Å². The van der Waals surface area contributed by atoms with Gasteiger partial charge in [-0.05, 0) is 26.9 Å². The van der Waals surface area contributed by atoms with Crippen LogP contribution in [0, 0.1) is 0 Å². The van der Waals surface area contributed by atoms with Gasteiger partial charge in [0.2, 0.25) is 0 Å². The molecule has 0 rings (SSSR count). The topological polar surface area (TPSA) is 24.5 Å². The van der Waals surface area contributed by atoms with Gasteiger partial charge >= 0.3 is 0 Å². The summed E-state index contributed by atoms with van der Waals surface area (Å²) in [4.78, 5) is 2.43. The minimum absolute atomic E-state index is 0.491. The lowest BCUT2D eigenvalue weighted by atomic mass is 10.1. The third-order valence-corrected chi connectivity index (χ3v) is 2.93. The van der Waals surface area contributed by atoms with Gasteiger partial charge in [-0.1, -0.05) is 20.3 Å². The van der Waals surface area contributed by atoms with Gasteiger partial charge in [-0.3, -0.25) is 4.90 Å². The Kier molecular flexibility index (Phi) is 9.06. The number of nitrogens with zero attached hydrogens (tertiary/aromatic N) is 1. The van der Waals surface area contributed by atoms with Crippen molar-refractivity contribution >= 4 is 0 Å². The Morgan fingerprint density at radius 1 is 1.33 bits per heavy atom. The molecule has 1 N–H and O–H groups in total. The number of nitrogens with one attached hydrogen (secondary N) is 1. The van der Waals surface area contributed by atoms with E-state index >= 15 is 0 Å². The maximum absolute atomic E-state index is 5.20. The van der Waals surface area contributed by atoms with Gasteiger partial charge in [-0.25, -0.2) is 0 Å². The molecule has 0 aromatic rings. The molecule has 3 nitrogen and oxygen atoms in total. The lowest BCUT2D eigenvalue weighted by Gasteiger charge is -2.33. The van der Waals surface area contributed by atoms with Crippen LogP contribution in [0.1, 0.15) is 33.6 Å². The summed E-state index contributed by atoms with van der Waals surface area (Å²) in [7, 11) is 3.96. The van der Waals surface area contributed by atoms with Gasteiger partial charge in [0, 0.05) is 25.7 Å². The first-order valence-corrected chi connectivity index (χ1v) is 6.08. The summed E-state index contributed by atoms with van der Waals surface area (Å²) in [5, 5.41) is 3.43. The van der Waals surface area contributed by atoms with E-state index in [1.165, 1.54) is 12.8 Å². The van der Waals surface area contributed by atoms with E-state index in [1.807, 2.05) is 0 Å². The number of likely N-dealkylation sites (N-methyl/N-ethyl adjacent to an activating group) is 2. The second kappa shape index (κ2) is 9.13. The van der Waals surface area contributed by atoms with Crippen molar-refractivity contribution in [3.8, 4) is 0 Å². The van der Waals surface area contributed by atoms with E-state index in [1.54, 1.807) is 7.11 Å². The second-order valence-electron chi connectivity index (χ2n) is 4.22. The van der Waals surface area contributed by atoms with Crippen LogP contribution in [0.15, 0.2) is 0 Å². The Morgan fingerprint density at radius 3 is 2.47 bits per heavy atom. The van der Waals surface area contributed by atoms with Crippen LogP contribution < -0.4 is 5.32 Å². The van der Waals surface area contributed by atoms with Crippen molar-refractivity contribution in [1.29, 1.82) is 0 Å². The number of hydrogen-bond acceptors (Lipinski definition) is 3. The molecule has 0 aliphatic carbocycles. The Bertz CT molecular complexity index is 142. The Labute approximate surface area is 95.2 Å². The molecule has 0 heterocycles. The van der Waals surface area contributed by atoms with E-state index in [2.05, 4.69) is 38.0 Å². The van der Waals surface area contributed by atoms with Crippen LogP contribution in [0.3, 0.4) is 0 Å². The molecule has 0 aliphatic heterocycles. The second-order valence-corrected chi connectivity index (χ2v) is 4.22. The molecule has 0 fully saturated rings. The van der Waals surface area contributed by atoms with Crippen LogP contribution in [0.25, 0.3) is 0 Å².